The molecule has 0 spiro atoms. The summed E-state index contributed by atoms with van der Waals surface area (Å²) in [7, 11) is 1.24. The maximum absolute atomic E-state index is 11.8. The van der Waals surface area contributed by atoms with Crippen molar-refractivity contribution in [1.29, 1.82) is 0 Å². The van der Waals surface area contributed by atoms with E-state index in [1.165, 1.54) is 7.11 Å². The van der Waals surface area contributed by atoms with Gasteiger partial charge in [0.15, 0.2) is 0 Å². The van der Waals surface area contributed by atoms with Gasteiger partial charge in [-0.05, 0) is 11.6 Å². The Morgan fingerprint density at radius 1 is 1.18 bits per heavy atom. The molecule has 0 saturated carbocycles. The number of carbonyl (C=O) groups excluding carboxylic acids is 3. The molecule has 2 rings (SSSR count). The Bertz CT molecular complexity index is 540. The minimum Gasteiger partial charge on any atom is -0.469 e. The SMILES string of the molecule is COC(=O)CC1=Cc2ccccc2C(=O)C1=O. The predicted octanol–water partition coefficient (Wildman–Crippen LogP) is 1.40. The minimum absolute atomic E-state index is 0.171. The maximum Gasteiger partial charge on any atom is 0.310 e. The zero-order valence-electron chi connectivity index (χ0n) is 9.23. The van der Waals surface area contributed by atoms with E-state index in [4.69, 9.17) is 0 Å². The number of hydrogen-bond acceptors (Lipinski definition) is 4. The molecule has 1 aromatic carbocycles. The lowest BCUT2D eigenvalue weighted by Crippen LogP contribution is -2.23. The zero-order chi connectivity index (χ0) is 12.4. The van der Waals surface area contributed by atoms with Gasteiger partial charge in [-0.15, -0.1) is 0 Å². The van der Waals surface area contributed by atoms with Gasteiger partial charge in [-0.2, -0.15) is 0 Å². The number of rotatable bonds is 2. The fourth-order valence-corrected chi connectivity index (χ4v) is 1.71. The number of esters is 1. The van der Waals surface area contributed by atoms with Gasteiger partial charge in [0.1, 0.15) is 0 Å². The van der Waals surface area contributed by atoms with Crippen LogP contribution >= 0.6 is 0 Å². The zero-order valence-corrected chi connectivity index (χ0v) is 9.23. The number of carbonyl (C=O) groups is 3. The molecule has 0 aliphatic heterocycles. The predicted molar refractivity (Wildman–Crippen MR) is 60.4 cm³/mol. The lowest BCUT2D eigenvalue weighted by molar-refractivity contribution is -0.140. The van der Waals surface area contributed by atoms with Crippen LogP contribution in [0.15, 0.2) is 29.8 Å². The Balaban J connectivity index is 2.42. The van der Waals surface area contributed by atoms with E-state index < -0.39 is 17.5 Å². The smallest absolute Gasteiger partial charge is 0.310 e. The second-order valence-corrected chi connectivity index (χ2v) is 3.67. The fourth-order valence-electron chi connectivity index (χ4n) is 1.71. The van der Waals surface area contributed by atoms with Crippen molar-refractivity contribution in [2.24, 2.45) is 0 Å². The molecule has 1 aliphatic rings. The fraction of sp³-hybridized carbons (Fsp3) is 0.154. The molecule has 1 aliphatic carbocycles. The standard InChI is InChI=1S/C13H10O4/c1-17-11(14)7-9-6-8-4-2-3-5-10(8)13(16)12(9)15/h2-6H,7H2,1H3. The molecule has 0 saturated heterocycles. The van der Waals surface area contributed by atoms with Crippen LogP contribution in [0.5, 0.6) is 0 Å². The highest BCUT2D eigenvalue weighted by molar-refractivity contribution is 6.52. The van der Waals surface area contributed by atoms with Gasteiger partial charge in [0.05, 0.1) is 13.5 Å². The summed E-state index contributed by atoms with van der Waals surface area (Å²) in [5.41, 5.74) is 1.22. The van der Waals surface area contributed by atoms with E-state index in [0.717, 1.165) is 0 Å². The van der Waals surface area contributed by atoms with Gasteiger partial charge in [-0.1, -0.05) is 24.3 Å². The summed E-state index contributed by atoms with van der Waals surface area (Å²) in [6, 6.07) is 6.80. The highest BCUT2D eigenvalue weighted by atomic mass is 16.5. The number of hydrogen-bond donors (Lipinski definition) is 0. The molecule has 0 heterocycles. The molecule has 0 unspecified atom stereocenters. The molecule has 0 aromatic heterocycles. The first-order valence-corrected chi connectivity index (χ1v) is 5.09. The minimum atomic E-state index is -0.630. The summed E-state index contributed by atoms with van der Waals surface area (Å²) in [5.74, 6) is -1.73. The van der Waals surface area contributed by atoms with E-state index in [-0.39, 0.29) is 12.0 Å². The van der Waals surface area contributed by atoms with Crippen LogP contribution in [0.3, 0.4) is 0 Å². The summed E-state index contributed by atoms with van der Waals surface area (Å²) in [4.78, 5) is 34.6. The third kappa shape index (κ3) is 2.01. The van der Waals surface area contributed by atoms with Gasteiger partial charge in [0, 0.05) is 11.1 Å². The quantitative estimate of drug-likeness (QED) is 0.569. The molecule has 0 N–H and O–H groups in total. The molecule has 17 heavy (non-hydrogen) atoms. The van der Waals surface area contributed by atoms with E-state index in [0.29, 0.717) is 11.1 Å². The van der Waals surface area contributed by atoms with Crippen molar-refractivity contribution in [3.05, 3.63) is 41.0 Å². The van der Waals surface area contributed by atoms with Crippen molar-refractivity contribution in [2.45, 2.75) is 6.42 Å². The second-order valence-electron chi connectivity index (χ2n) is 3.67. The van der Waals surface area contributed by atoms with Crippen LogP contribution in [0.1, 0.15) is 22.3 Å². The van der Waals surface area contributed by atoms with Crippen molar-refractivity contribution in [2.75, 3.05) is 7.11 Å². The van der Waals surface area contributed by atoms with E-state index in [1.54, 1.807) is 30.3 Å². The van der Waals surface area contributed by atoms with Gasteiger partial charge in [-0.3, -0.25) is 14.4 Å². The Hall–Kier alpha value is -2.23. The first kappa shape index (κ1) is 11.3. The highest BCUT2D eigenvalue weighted by Crippen LogP contribution is 2.23. The van der Waals surface area contributed by atoms with E-state index in [9.17, 15) is 14.4 Å². The number of Topliss-reactive ketones (excluding diaryl/α,β-unsaturated/α-hetero) is 2. The molecule has 0 radical (unpaired) electrons. The summed E-state index contributed by atoms with van der Waals surface area (Å²) in [6.07, 6.45) is 1.39. The van der Waals surface area contributed by atoms with Crippen molar-refractivity contribution < 1.29 is 19.1 Å². The normalized spacial score (nSPS) is 14.1. The number of methoxy groups -OCH3 is 1. The van der Waals surface area contributed by atoms with Crippen molar-refractivity contribution in [1.82, 2.24) is 0 Å². The van der Waals surface area contributed by atoms with Gasteiger partial charge in [-0.25, -0.2) is 0 Å². The van der Waals surface area contributed by atoms with Crippen molar-refractivity contribution >= 4 is 23.6 Å². The summed E-state index contributed by atoms with van der Waals surface area (Å²) < 4.78 is 4.48. The molecule has 0 fully saturated rings. The Labute approximate surface area is 97.9 Å². The Morgan fingerprint density at radius 2 is 1.88 bits per heavy atom. The molecule has 4 nitrogen and oxygen atoms in total. The molecule has 0 bridgehead atoms. The van der Waals surface area contributed by atoms with Crippen LogP contribution < -0.4 is 0 Å². The Kier molecular flexibility index (Phi) is 2.87. The first-order chi connectivity index (χ1) is 8.13. The molecule has 86 valence electrons. The van der Waals surface area contributed by atoms with Gasteiger partial charge in [0.25, 0.3) is 0 Å². The first-order valence-electron chi connectivity index (χ1n) is 5.09. The molecule has 0 atom stereocenters. The average Bonchev–Trinajstić information content (AvgIpc) is 2.35. The van der Waals surface area contributed by atoms with Crippen LogP contribution in [-0.4, -0.2) is 24.6 Å². The van der Waals surface area contributed by atoms with Crippen molar-refractivity contribution in [3.63, 3.8) is 0 Å². The average molecular weight is 230 g/mol. The van der Waals surface area contributed by atoms with Crippen LogP contribution in [-0.2, 0) is 14.3 Å². The number of benzene rings is 1. The van der Waals surface area contributed by atoms with Crippen LogP contribution in [0, 0.1) is 0 Å². The Morgan fingerprint density at radius 3 is 2.59 bits per heavy atom. The van der Waals surface area contributed by atoms with Crippen LogP contribution in [0.25, 0.3) is 6.08 Å². The molecular weight excluding hydrogens is 220 g/mol. The van der Waals surface area contributed by atoms with E-state index >= 15 is 0 Å². The molecule has 4 heteroatoms. The van der Waals surface area contributed by atoms with Gasteiger partial charge in [0.2, 0.25) is 11.6 Å². The molecular formula is C13H10O4. The highest BCUT2D eigenvalue weighted by Gasteiger charge is 2.28. The number of ether oxygens (including phenoxy) is 1. The van der Waals surface area contributed by atoms with Gasteiger partial charge < -0.3 is 4.74 Å². The lowest BCUT2D eigenvalue weighted by atomic mass is 9.89. The topological polar surface area (TPSA) is 60.4 Å². The van der Waals surface area contributed by atoms with Crippen molar-refractivity contribution in [3.8, 4) is 0 Å². The lowest BCUT2D eigenvalue weighted by Gasteiger charge is -2.13. The second kappa shape index (κ2) is 4.33. The van der Waals surface area contributed by atoms with E-state index in [2.05, 4.69) is 4.74 Å². The monoisotopic (exact) mass is 230 g/mol. The summed E-state index contributed by atoms with van der Waals surface area (Å²) in [6.45, 7) is 0. The molecule has 1 aromatic rings. The third-order valence-electron chi connectivity index (χ3n) is 2.60. The van der Waals surface area contributed by atoms with Crippen LogP contribution in [0.4, 0.5) is 0 Å². The van der Waals surface area contributed by atoms with Crippen LogP contribution in [0.2, 0.25) is 0 Å². The maximum atomic E-state index is 11.8. The largest absolute Gasteiger partial charge is 0.469 e. The summed E-state index contributed by atoms with van der Waals surface area (Å²) in [5, 5.41) is 0. The van der Waals surface area contributed by atoms with Gasteiger partial charge >= 0.3 is 5.97 Å². The summed E-state index contributed by atoms with van der Waals surface area (Å²) >= 11 is 0. The number of fused-ring (bicyclic) bond motifs is 1. The third-order valence-corrected chi connectivity index (χ3v) is 2.60. The molecule has 0 amide bonds. The van der Waals surface area contributed by atoms with E-state index in [1.807, 2.05) is 0 Å². The number of ketones is 2.